The van der Waals surface area contributed by atoms with E-state index in [1.165, 1.54) is 12.8 Å². The van der Waals surface area contributed by atoms with Gasteiger partial charge in [0.1, 0.15) is 0 Å². The highest BCUT2D eigenvalue weighted by molar-refractivity contribution is 5.02. The van der Waals surface area contributed by atoms with Crippen molar-refractivity contribution in [1.82, 2.24) is 0 Å². The summed E-state index contributed by atoms with van der Waals surface area (Å²) in [6.45, 7) is 5.95. The molecule has 0 aromatic rings. The first-order chi connectivity index (χ1) is 4.68. The van der Waals surface area contributed by atoms with Gasteiger partial charge in [0.25, 0.3) is 0 Å². The Kier molecular flexibility index (Phi) is 5.32. The van der Waals surface area contributed by atoms with Crippen LogP contribution in [0.4, 0.5) is 0 Å². The fourth-order valence-corrected chi connectivity index (χ4v) is 0.704. The summed E-state index contributed by atoms with van der Waals surface area (Å²) in [6, 6.07) is 0. The van der Waals surface area contributed by atoms with Gasteiger partial charge in [-0.25, -0.2) is 0 Å². The molecule has 1 nitrogen and oxygen atoms in total. The standard InChI is InChI=1S/C9H18O/c1-4-5-6-7-8(2)9(3)10/h7,9-10H,4-6H2,1-3H3. The van der Waals surface area contributed by atoms with Crippen molar-refractivity contribution in [2.75, 3.05) is 0 Å². The minimum Gasteiger partial charge on any atom is -0.389 e. The van der Waals surface area contributed by atoms with Crippen LogP contribution in [0.15, 0.2) is 11.6 Å². The monoisotopic (exact) mass is 142 g/mol. The van der Waals surface area contributed by atoms with Crippen molar-refractivity contribution in [2.45, 2.75) is 46.1 Å². The Morgan fingerprint density at radius 3 is 2.60 bits per heavy atom. The first kappa shape index (κ1) is 9.70. The van der Waals surface area contributed by atoms with E-state index in [2.05, 4.69) is 13.0 Å². The second-order valence-corrected chi connectivity index (χ2v) is 2.77. The maximum Gasteiger partial charge on any atom is 0.0719 e. The molecule has 1 unspecified atom stereocenters. The molecule has 0 amide bonds. The van der Waals surface area contributed by atoms with Crippen molar-refractivity contribution in [3.8, 4) is 0 Å². The summed E-state index contributed by atoms with van der Waals surface area (Å²) in [6.07, 6.45) is 5.41. The first-order valence-corrected chi connectivity index (χ1v) is 4.03. The van der Waals surface area contributed by atoms with Gasteiger partial charge < -0.3 is 5.11 Å². The summed E-state index contributed by atoms with van der Waals surface area (Å²) in [5.74, 6) is 0. The molecule has 0 aliphatic heterocycles. The van der Waals surface area contributed by atoms with Gasteiger partial charge in [0, 0.05) is 0 Å². The summed E-state index contributed by atoms with van der Waals surface area (Å²) >= 11 is 0. The van der Waals surface area contributed by atoms with E-state index in [0.717, 1.165) is 12.0 Å². The molecule has 0 radical (unpaired) electrons. The molecule has 0 saturated heterocycles. The van der Waals surface area contributed by atoms with Crippen molar-refractivity contribution >= 4 is 0 Å². The van der Waals surface area contributed by atoms with Crippen molar-refractivity contribution in [1.29, 1.82) is 0 Å². The largest absolute Gasteiger partial charge is 0.389 e. The maximum atomic E-state index is 9.05. The van der Waals surface area contributed by atoms with Crippen LogP contribution in [-0.4, -0.2) is 11.2 Å². The summed E-state index contributed by atoms with van der Waals surface area (Å²) in [7, 11) is 0. The van der Waals surface area contributed by atoms with E-state index in [1.54, 1.807) is 6.92 Å². The number of aliphatic hydroxyl groups is 1. The molecule has 60 valence electrons. The van der Waals surface area contributed by atoms with Gasteiger partial charge in [-0.2, -0.15) is 0 Å². The lowest BCUT2D eigenvalue weighted by Gasteiger charge is -2.02. The van der Waals surface area contributed by atoms with Crippen molar-refractivity contribution < 1.29 is 5.11 Å². The van der Waals surface area contributed by atoms with Gasteiger partial charge in [-0.3, -0.25) is 0 Å². The molecule has 10 heavy (non-hydrogen) atoms. The van der Waals surface area contributed by atoms with Crippen LogP contribution >= 0.6 is 0 Å². The Bertz CT molecular complexity index is 103. The van der Waals surface area contributed by atoms with Gasteiger partial charge in [0.15, 0.2) is 0 Å². The zero-order valence-corrected chi connectivity index (χ0v) is 7.22. The van der Waals surface area contributed by atoms with E-state index in [-0.39, 0.29) is 6.10 Å². The average molecular weight is 142 g/mol. The summed E-state index contributed by atoms with van der Waals surface area (Å²) in [4.78, 5) is 0. The number of hydrogen-bond acceptors (Lipinski definition) is 1. The molecule has 0 aromatic heterocycles. The quantitative estimate of drug-likeness (QED) is 0.472. The fourth-order valence-electron chi connectivity index (χ4n) is 0.704. The predicted octanol–water partition coefficient (Wildman–Crippen LogP) is 2.50. The molecule has 1 N–H and O–H groups in total. The Morgan fingerprint density at radius 2 is 2.20 bits per heavy atom. The minimum absolute atomic E-state index is 0.267. The number of rotatable bonds is 4. The number of allylic oxidation sites excluding steroid dienone is 1. The molecule has 0 aliphatic rings. The van der Waals surface area contributed by atoms with Gasteiger partial charge in [0.05, 0.1) is 6.10 Å². The van der Waals surface area contributed by atoms with E-state index >= 15 is 0 Å². The van der Waals surface area contributed by atoms with Gasteiger partial charge >= 0.3 is 0 Å². The fraction of sp³-hybridized carbons (Fsp3) is 0.778. The lowest BCUT2D eigenvalue weighted by molar-refractivity contribution is 0.231. The molecular weight excluding hydrogens is 124 g/mol. The third-order valence-corrected chi connectivity index (χ3v) is 1.68. The maximum absolute atomic E-state index is 9.05. The van der Waals surface area contributed by atoms with Gasteiger partial charge in [-0.05, 0) is 25.8 Å². The lowest BCUT2D eigenvalue weighted by Crippen LogP contribution is -2.00. The molecule has 1 atom stereocenters. The van der Waals surface area contributed by atoms with Gasteiger partial charge in [-0.15, -0.1) is 0 Å². The smallest absolute Gasteiger partial charge is 0.0719 e. The Morgan fingerprint density at radius 1 is 1.60 bits per heavy atom. The summed E-state index contributed by atoms with van der Waals surface area (Å²) in [5.41, 5.74) is 1.09. The zero-order chi connectivity index (χ0) is 7.98. The van der Waals surface area contributed by atoms with E-state index in [1.807, 2.05) is 6.92 Å². The second-order valence-electron chi connectivity index (χ2n) is 2.77. The van der Waals surface area contributed by atoms with Crippen molar-refractivity contribution in [3.05, 3.63) is 11.6 Å². The van der Waals surface area contributed by atoms with Crippen LogP contribution in [0.1, 0.15) is 40.0 Å². The van der Waals surface area contributed by atoms with Crippen LogP contribution in [0.5, 0.6) is 0 Å². The van der Waals surface area contributed by atoms with E-state index in [4.69, 9.17) is 5.11 Å². The third kappa shape index (κ3) is 4.57. The Labute approximate surface area is 63.8 Å². The van der Waals surface area contributed by atoms with Crippen LogP contribution < -0.4 is 0 Å². The van der Waals surface area contributed by atoms with Crippen molar-refractivity contribution in [2.24, 2.45) is 0 Å². The zero-order valence-electron chi connectivity index (χ0n) is 7.22. The van der Waals surface area contributed by atoms with Crippen LogP contribution in [0.2, 0.25) is 0 Å². The van der Waals surface area contributed by atoms with Crippen molar-refractivity contribution in [3.63, 3.8) is 0 Å². The minimum atomic E-state index is -0.267. The molecule has 1 heteroatoms. The van der Waals surface area contributed by atoms with E-state index in [9.17, 15) is 0 Å². The highest BCUT2D eigenvalue weighted by Crippen LogP contribution is 2.04. The Balaban J connectivity index is 3.48. The summed E-state index contributed by atoms with van der Waals surface area (Å²) in [5, 5.41) is 9.05. The number of aliphatic hydroxyl groups excluding tert-OH is 1. The van der Waals surface area contributed by atoms with Gasteiger partial charge in [-0.1, -0.05) is 25.8 Å². The first-order valence-electron chi connectivity index (χ1n) is 4.03. The predicted molar refractivity (Wildman–Crippen MR) is 45.0 cm³/mol. The molecule has 0 aromatic carbocycles. The molecule has 0 spiro atoms. The van der Waals surface area contributed by atoms with Crippen LogP contribution in [0, 0.1) is 0 Å². The Hall–Kier alpha value is -0.300. The average Bonchev–Trinajstić information content (AvgIpc) is 1.88. The van der Waals surface area contributed by atoms with Crippen LogP contribution in [0.3, 0.4) is 0 Å². The highest BCUT2D eigenvalue weighted by Gasteiger charge is 1.95. The highest BCUT2D eigenvalue weighted by atomic mass is 16.3. The lowest BCUT2D eigenvalue weighted by atomic mass is 10.1. The molecule has 0 bridgehead atoms. The number of hydrogen-bond donors (Lipinski definition) is 1. The third-order valence-electron chi connectivity index (χ3n) is 1.68. The summed E-state index contributed by atoms with van der Waals surface area (Å²) < 4.78 is 0. The normalized spacial score (nSPS) is 15.4. The van der Waals surface area contributed by atoms with E-state index in [0.29, 0.717) is 0 Å². The molecule has 0 aliphatic carbocycles. The molecular formula is C9H18O. The van der Waals surface area contributed by atoms with Gasteiger partial charge in [0.2, 0.25) is 0 Å². The topological polar surface area (TPSA) is 20.2 Å². The molecule has 0 saturated carbocycles. The number of unbranched alkanes of at least 4 members (excludes halogenated alkanes) is 2. The molecule has 0 rings (SSSR count). The molecule has 0 heterocycles. The second kappa shape index (κ2) is 5.48. The SMILES string of the molecule is CCCCC=C(C)C(C)O. The molecule has 0 fully saturated rings. The van der Waals surface area contributed by atoms with Crippen LogP contribution in [-0.2, 0) is 0 Å². The van der Waals surface area contributed by atoms with Crippen LogP contribution in [0.25, 0.3) is 0 Å². The van der Waals surface area contributed by atoms with E-state index < -0.39 is 0 Å².